The number of carboxylic acids is 1. The SMILES string of the molecule is CC(NC(N)=O)C(=O)N(CC(=O)O)c1ccc(Cl)cc1. The molecule has 1 rings (SSSR count). The molecule has 0 aromatic heterocycles. The molecule has 0 fully saturated rings. The van der Waals surface area contributed by atoms with E-state index in [2.05, 4.69) is 5.32 Å². The molecule has 1 unspecified atom stereocenters. The molecule has 0 bridgehead atoms. The van der Waals surface area contributed by atoms with E-state index in [-0.39, 0.29) is 0 Å². The number of carboxylic acid groups (broad SMARTS) is 1. The number of carbonyl (C=O) groups is 3. The van der Waals surface area contributed by atoms with Crippen LogP contribution in [0.5, 0.6) is 0 Å². The fourth-order valence-electron chi connectivity index (χ4n) is 1.56. The van der Waals surface area contributed by atoms with Crippen molar-refractivity contribution < 1.29 is 19.5 Å². The van der Waals surface area contributed by atoms with E-state index in [0.29, 0.717) is 10.7 Å². The number of nitrogens with two attached hydrogens (primary N) is 1. The molecule has 0 aliphatic heterocycles. The van der Waals surface area contributed by atoms with E-state index < -0.39 is 30.5 Å². The summed E-state index contributed by atoms with van der Waals surface area (Å²) < 4.78 is 0. The molecule has 8 heteroatoms. The van der Waals surface area contributed by atoms with E-state index in [1.165, 1.54) is 31.2 Å². The summed E-state index contributed by atoms with van der Waals surface area (Å²) in [4.78, 5) is 34.8. The predicted octanol–water partition coefficient (Wildman–Crippen LogP) is 0.814. The van der Waals surface area contributed by atoms with Gasteiger partial charge in [0.15, 0.2) is 0 Å². The van der Waals surface area contributed by atoms with Crippen molar-refractivity contribution in [2.24, 2.45) is 5.73 Å². The number of anilines is 1. The minimum atomic E-state index is -1.18. The Labute approximate surface area is 120 Å². The molecule has 0 aliphatic rings. The Morgan fingerprint density at radius 3 is 2.35 bits per heavy atom. The van der Waals surface area contributed by atoms with Crippen molar-refractivity contribution in [1.29, 1.82) is 0 Å². The zero-order valence-electron chi connectivity index (χ0n) is 10.7. The summed E-state index contributed by atoms with van der Waals surface area (Å²) in [5.74, 6) is -1.77. The second kappa shape index (κ2) is 6.76. The van der Waals surface area contributed by atoms with E-state index in [9.17, 15) is 14.4 Å². The monoisotopic (exact) mass is 299 g/mol. The molecule has 108 valence electrons. The fraction of sp³-hybridized carbons (Fsp3) is 0.250. The van der Waals surface area contributed by atoms with Gasteiger partial charge in [0.1, 0.15) is 12.6 Å². The lowest BCUT2D eigenvalue weighted by atomic mass is 10.2. The van der Waals surface area contributed by atoms with Crippen LogP contribution in [0.3, 0.4) is 0 Å². The van der Waals surface area contributed by atoms with Gasteiger partial charge >= 0.3 is 12.0 Å². The standard InChI is InChI=1S/C12H14ClN3O4/c1-7(15-12(14)20)11(19)16(6-10(17)18)9-4-2-8(13)3-5-9/h2-5,7H,6H2,1H3,(H,17,18)(H3,14,15,20). The minimum absolute atomic E-state index is 0.361. The Kier molecular flexibility index (Phi) is 5.33. The summed E-state index contributed by atoms with van der Waals surface area (Å²) in [6.45, 7) is 0.878. The molecular formula is C12H14ClN3O4. The molecule has 20 heavy (non-hydrogen) atoms. The maximum atomic E-state index is 12.2. The van der Waals surface area contributed by atoms with Gasteiger partial charge < -0.3 is 16.2 Å². The number of halogens is 1. The van der Waals surface area contributed by atoms with Gasteiger partial charge in [0, 0.05) is 10.7 Å². The van der Waals surface area contributed by atoms with Crippen LogP contribution in [0.4, 0.5) is 10.5 Å². The summed E-state index contributed by atoms with van der Waals surface area (Å²) in [6.07, 6.45) is 0. The van der Waals surface area contributed by atoms with Crippen LogP contribution in [0.25, 0.3) is 0 Å². The number of amides is 3. The molecule has 1 atom stereocenters. The second-order valence-electron chi connectivity index (χ2n) is 4.02. The van der Waals surface area contributed by atoms with Crippen molar-refractivity contribution in [3.8, 4) is 0 Å². The van der Waals surface area contributed by atoms with Gasteiger partial charge in [-0.25, -0.2) is 4.79 Å². The molecule has 0 heterocycles. The number of benzene rings is 1. The van der Waals surface area contributed by atoms with Crippen LogP contribution in [-0.2, 0) is 9.59 Å². The largest absolute Gasteiger partial charge is 0.480 e. The summed E-state index contributed by atoms with van der Waals surface area (Å²) in [6, 6.07) is 4.29. The Bertz CT molecular complexity index is 518. The van der Waals surface area contributed by atoms with Crippen LogP contribution in [0.2, 0.25) is 5.02 Å². The van der Waals surface area contributed by atoms with Crippen molar-refractivity contribution in [3.63, 3.8) is 0 Å². The normalized spacial score (nSPS) is 11.5. The van der Waals surface area contributed by atoms with Crippen LogP contribution in [0.15, 0.2) is 24.3 Å². The zero-order chi connectivity index (χ0) is 15.3. The second-order valence-corrected chi connectivity index (χ2v) is 4.46. The minimum Gasteiger partial charge on any atom is -0.480 e. The Morgan fingerprint density at radius 2 is 1.90 bits per heavy atom. The number of hydrogen-bond donors (Lipinski definition) is 3. The number of urea groups is 1. The number of carbonyl (C=O) groups excluding carboxylic acids is 2. The zero-order valence-corrected chi connectivity index (χ0v) is 11.4. The third kappa shape index (κ3) is 4.43. The van der Waals surface area contributed by atoms with Gasteiger partial charge in [-0.15, -0.1) is 0 Å². The van der Waals surface area contributed by atoms with Gasteiger partial charge in [-0.1, -0.05) is 11.6 Å². The number of aliphatic carboxylic acids is 1. The van der Waals surface area contributed by atoms with Gasteiger partial charge in [-0.05, 0) is 31.2 Å². The highest BCUT2D eigenvalue weighted by molar-refractivity contribution is 6.30. The van der Waals surface area contributed by atoms with Crippen molar-refractivity contribution in [3.05, 3.63) is 29.3 Å². The molecule has 0 saturated carbocycles. The molecule has 4 N–H and O–H groups in total. The predicted molar refractivity (Wildman–Crippen MR) is 73.6 cm³/mol. The van der Waals surface area contributed by atoms with Crippen molar-refractivity contribution in [2.75, 3.05) is 11.4 Å². The molecule has 1 aromatic rings. The fourth-order valence-corrected chi connectivity index (χ4v) is 1.69. The molecule has 0 aliphatic carbocycles. The molecule has 0 radical (unpaired) electrons. The molecule has 3 amide bonds. The van der Waals surface area contributed by atoms with Gasteiger partial charge in [0.25, 0.3) is 0 Å². The van der Waals surface area contributed by atoms with E-state index in [0.717, 1.165) is 4.90 Å². The van der Waals surface area contributed by atoms with E-state index in [4.69, 9.17) is 22.4 Å². The van der Waals surface area contributed by atoms with Crippen LogP contribution in [-0.4, -0.2) is 35.6 Å². The Morgan fingerprint density at radius 1 is 1.35 bits per heavy atom. The number of nitrogens with zero attached hydrogens (tertiary/aromatic N) is 1. The number of hydrogen-bond acceptors (Lipinski definition) is 3. The smallest absolute Gasteiger partial charge is 0.323 e. The lowest BCUT2D eigenvalue weighted by molar-refractivity contribution is -0.136. The summed E-state index contributed by atoms with van der Waals surface area (Å²) in [5.41, 5.74) is 5.30. The van der Waals surface area contributed by atoms with Crippen LogP contribution < -0.4 is 16.0 Å². The third-order valence-corrected chi connectivity index (χ3v) is 2.68. The van der Waals surface area contributed by atoms with Crippen molar-refractivity contribution in [1.82, 2.24) is 5.32 Å². The van der Waals surface area contributed by atoms with Gasteiger partial charge in [0.05, 0.1) is 0 Å². The van der Waals surface area contributed by atoms with E-state index in [1.54, 1.807) is 0 Å². The summed E-state index contributed by atoms with van der Waals surface area (Å²) >= 11 is 5.74. The van der Waals surface area contributed by atoms with Crippen LogP contribution >= 0.6 is 11.6 Å². The first-order valence-corrected chi connectivity index (χ1v) is 6.03. The van der Waals surface area contributed by atoms with E-state index >= 15 is 0 Å². The maximum absolute atomic E-state index is 12.2. The quantitative estimate of drug-likeness (QED) is 0.746. The molecule has 7 nitrogen and oxygen atoms in total. The van der Waals surface area contributed by atoms with Gasteiger partial charge in [0.2, 0.25) is 5.91 Å². The lowest BCUT2D eigenvalue weighted by Gasteiger charge is -2.24. The topological polar surface area (TPSA) is 113 Å². The van der Waals surface area contributed by atoms with Crippen LogP contribution in [0, 0.1) is 0 Å². The third-order valence-electron chi connectivity index (χ3n) is 2.43. The average Bonchev–Trinajstić information content (AvgIpc) is 2.35. The van der Waals surface area contributed by atoms with Gasteiger partial charge in [-0.3, -0.25) is 14.5 Å². The van der Waals surface area contributed by atoms with Crippen molar-refractivity contribution >= 4 is 35.2 Å². The Hall–Kier alpha value is -2.28. The molecule has 0 spiro atoms. The first kappa shape index (κ1) is 15.8. The molecule has 0 saturated heterocycles. The van der Waals surface area contributed by atoms with Crippen LogP contribution in [0.1, 0.15) is 6.92 Å². The van der Waals surface area contributed by atoms with Crippen molar-refractivity contribution in [2.45, 2.75) is 13.0 Å². The Balaban J connectivity index is 2.99. The van der Waals surface area contributed by atoms with Gasteiger partial charge in [-0.2, -0.15) is 0 Å². The molecule has 1 aromatic carbocycles. The number of rotatable bonds is 5. The van der Waals surface area contributed by atoms with E-state index in [1.807, 2.05) is 0 Å². The highest BCUT2D eigenvalue weighted by Gasteiger charge is 2.24. The molecular weight excluding hydrogens is 286 g/mol. The summed E-state index contributed by atoms with van der Waals surface area (Å²) in [5, 5.41) is 11.5. The number of primary amides is 1. The highest BCUT2D eigenvalue weighted by Crippen LogP contribution is 2.18. The summed E-state index contributed by atoms with van der Waals surface area (Å²) in [7, 11) is 0. The lowest BCUT2D eigenvalue weighted by Crippen LogP contribution is -2.50. The number of nitrogens with one attached hydrogen (secondary N) is 1. The first-order valence-electron chi connectivity index (χ1n) is 5.66. The maximum Gasteiger partial charge on any atom is 0.323 e. The highest BCUT2D eigenvalue weighted by atomic mass is 35.5. The first-order chi connectivity index (χ1) is 9.31. The average molecular weight is 300 g/mol.